The molecule has 1 atom stereocenters. The van der Waals surface area contributed by atoms with Crippen LogP contribution in [-0.4, -0.2) is 44.5 Å². The van der Waals surface area contributed by atoms with Crippen LogP contribution >= 0.6 is 0 Å². The van der Waals surface area contributed by atoms with E-state index in [1.54, 1.807) is 32.2 Å². The highest BCUT2D eigenvalue weighted by Crippen LogP contribution is 2.24. The quantitative estimate of drug-likeness (QED) is 0.185. The van der Waals surface area contributed by atoms with Crippen LogP contribution in [0.4, 0.5) is 0 Å². The zero-order valence-electron chi connectivity index (χ0n) is 23.4. The van der Waals surface area contributed by atoms with Crippen LogP contribution in [-0.2, 0) is 16.1 Å². The number of hydrogen-bond donors (Lipinski definition) is 1. The summed E-state index contributed by atoms with van der Waals surface area (Å²) in [5.41, 5.74) is 2.75. The van der Waals surface area contributed by atoms with Crippen molar-refractivity contribution >= 4 is 11.6 Å². The number of fused-ring (bicyclic) bond motifs is 1. The molecule has 0 amide bonds. The van der Waals surface area contributed by atoms with Gasteiger partial charge in [0.2, 0.25) is 0 Å². The number of benzene rings is 2. The zero-order valence-corrected chi connectivity index (χ0v) is 23.4. The molecular formula is C32H35N3O5. The molecule has 8 heteroatoms. The Morgan fingerprint density at radius 3 is 2.40 bits per heavy atom. The third-order valence-electron chi connectivity index (χ3n) is 6.17. The molecule has 0 aliphatic carbocycles. The second kappa shape index (κ2) is 13.1. The van der Waals surface area contributed by atoms with E-state index in [1.165, 1.54) is 0 Å². The summed E-state index contributed by atoms with van der Waals surface area (Å²) in [4.78, 5) is 16.6. The Balaban J connectivity index is 1.37. The van der Waals surface area contributed by atoms with Crippen LogP contribution in [0.25, 0.3) is 17.0 Å². The maximum Gasteiger partial charge on any atom is 0.307 e. The third kappa shape index (κ3) is 8.08. The Morgan fingerprint density at radius 2 is 1.73 bits per heavy atom. The first kappa shape index (κ1) is 28.7. The van der Waals surface area contributed by atoms with Crippen molar-refractivity contribution in [2.75, 3.05) is 13.2 Å². The largest absolute Gasteiger partial charge is 0.493 e. The van der Waals surface area contributed by atoms with Crippen molar-refractivity contribution in [1.82, 2.24) is 14.6 Å². The van der Waals surface area contributed by atoms with Crippen molar-refractivity contribution in [3.05, 3.63) is 78.0 Å². The summed E-state index contributed by atoms with van der Waals surface area (Å²) in [7, 11) is 0. The van der Waals surface area contributed by atoms with Crippen molar-refractivity contribution in [2.24, 2.45) is 0 Å². The smallest absolute Gasteiger partial charge is 0.307 e. The normalized spacial score (nSPS) is 11.9. The molecular weight excluding hydrogens is 506 g/mol. The molecule has 0 aliphatic rings. The predicted molar refractivity (Wildman–Crippen MR) is 153 cm³/mol. The average Bonchev–Trinajstić information content (AvgIpc) is 3.35. The van der Waals surface area contributed by atoms with Crippen LogP contribution in [0.2, 0.25) is 0 Å². The minimum Gasteiger partial charge on any atom is -0.493 e. The summed E-state index contributed by atoms with van der Waals surface area (Å²) >= 11 is 0. The van der Waals surface area contributed by atoms with Gasteiger partial charge in [-0.05, 0) is 75.7 Å². The Bertz CT molecular complexity index is 1480. The highest BCUT2D eigenvalue weighted by molar-refractivity contribution is 5.71. The average molecular weight is 542 g/mol. The van der Waals surface area contributed by atoms with Crippen LogP contribution < -0.4 is 9.47 Å². The van der Waals surface area contributed by atoms with Gasteiger partial charge in [0.1, 0.15) is 18.1 Å². The SMILES string of the molecule is CC#C[C@@H](CC(=O)OCC)c1ccc(OCc2ccc3nc(-c4ccc(OCCC(C)(C)O)cc4)nn3c2)cc1. The summed E-state index contributed by atoms with van der Waals surface area (Å²) in [6.07, 6.45) is 2.67. The van der Waals surface area contributed by atoms with Crippen molar-refractivity contribution in [2.45, 2.75) is 58.7 Å². The lowest BCUT2D eigenvalue weighted by Crippen LogP contribution is -2.21. The standard InChI is InChI=1S/C32H35N3O5/c1-5-7-26(20-30(36)38-6-2)24-9-13-28(14-10-24)40-22-23-8-17-29-33-31(34-35(29)21-23)25-11-15-27(16-12-25)39-19-18-32(3,4)37/h8-17,21,26,37H,6,18-20,22H2,1-4H3/t26-/m0/s1. The number of rotatable bonds is 12. The third-order valence-corrected chi connectivity index (χ3v) is 6.17. The van der Waals surface area contributed by atoms with E-state index in [0.717, 1.165) is 28.1 Å². The topological polar surface area (TPSA) is 95.2 Å². The molecule has 1 N–H and O–H groups in total. The van der Waals surface area contributed by atoms with Crippen molar-refractivity contribution in [3.8, 4) is 34.7 Å². The summed E-state index contributed by atoms with van der Waals surface area (Å²) in [5.74, 6) is 7.58. The van der Waals surface area contributed by atoms with Gasteiger partial charge in [0.05, 0.1) is 31.2 Å². The second-order valence-corrected chi connectivity index (χ2v) is 10.0. The molecule has 4 rings (SSSR count). The molecule has 0 radical (unpaired) electrons. The maximum atomic E-state index is 11.9. The zero-order chi connectivity index (χ0) is 28.5. The first-order chi connectivity index (χ1) is 19.2. The van der Waals surface area contributed by atoms with E-state index in [9.17, 15) is 9.90 Å². The molecule has 208 valence electrons. The summed E-state index contributed by atoms with van der Waals surface area (Å²) in [5, 5.41) is 14.5. The van der Waals surface area contributed by atoms with Crippen molar-refractivity contribution < 1.29 is 24.1 Å². The first-order valence-electron chi connectivity index (χ1n) is 13.4. The van der Waals surface area contributed by atoms with Gasteiger partial charge in [-0.25, -0.2) is 9.50 Å². The number of aliphatic hydroxyl groups is 1. The van der Waals surface area contributed by atoms with Gasteiger partial charge >= 0.3 is 5.97 Å². The number of nitrogens with zero attached hydrogens (tertiary/aromatic N) is 3. The molecule has 0 saturated carbocycles. The van der Waals surface area contributed by atoms with Crippen LogP contribution in [0.1, 0.15) is 57.6 Å². The van der Waals surface area contributed by atoms with Gasteiger partial charge in [-0.3, -0.25) is 4.79 Å². The number of esters is 1. The lowest BCUT2D eigenvalue weighted by atomic mass is 9.96. The lowest BCUT2D eigenvalue weighted by Gasteiger charge is -2.17. The van der Waals surface area contributed by atoms with Gasteiger partial charge < -0.3 is 19.3 Å². The summed E-state index contributed by atoms with van der Waals surface area (Å²) in [6.45, 7) is 8.24. The molecule has 2 aromatic heterocycles. The Kier molecular flexibility index (Phi) is 9.41. The van der Waals surface area contributed by atoms with E-state index in [0.29, 0.717) is 37.8 Å². The fraction of sp³-hybridized carbons (Fsp3) is 0.344. The molecule has 0 aliphatic heterocycles. The van der Waals surface area contributed by atoms with Crippen molar-refractivity contribution in [1.29, 1.82) is 0 Å². The van der Waals surface area contributed by atoms with Gasteiger partial charge in [-0.2, -0.15) is 0 Å². The Labute approximate surface area is 234 Å². The minimum absolute atomic E-state index is 0.218. The van der Waals surface area contributed by atoms with E-state index < -0.39 is 5.60 Å². The predicted octanol–water partition coefficient (Wildman–Crippen LogP) is 5.58. The summed E-state index contributed by atoms with van der Waals surface area (Å²) < 4.78 is 18.5. The molecule has 0 bridgehead atoms. The van der Waals surface area contributed by atoms with Gasteiger partial charge in [0, 0.05) is 23.7 Å². The van der Waals surface area contributed by atoms with E-state index >= 15 is 0 Å². The number of carbonyl (C=O) groups is 1. The number of ether oxygens (including phenoxy) is 3. The van der Waals surface area contributed by atoms with Gasteiger partial charge in [0.25, 0.3) is 0 Å². The fourth-order valence-corrected chi connectivity index (χ4v) is 4.03. The van der Waals surface area contributed by atoms with Gasteiger partial charge in [-0.15, -0.1) is 11.0 Å². The van der Waals surface area contributed by atoms with Crippen LogP contribution in [0.5, 0.6) is 11.5 Å². The number of pyridine rings is 1. The Hall–Kier alpha value is -4.35. The van der Waals surface area contributed by atoms with E-state index in [1.807, 2.05) is 66.9 Å². The summed E-state index contributed by atoms with van der Waals surface area (Å²) in [6, 6.07) is 19.1. The van der Waals surface area contributed by atoms with Gasteiger partial charge in [0.15, 0.2) is 11.5 Å². The molecule has 40 heavy (non-hydrogen) atoms. The fourth-order valence-electron chi connectivity index (χ4n) is 4.03. The van der Waals surface area contributed by atoms with E-state index in [2.05, 4.69) is 21.9 Å². The van der Waals surface area contributed by atoms with Crippen LogP contribution in [0.15, 0.2) is 66.9 Å². The molecule has 2 heterocycles. The minimum atomic E-state index is -0.755. The molecule has 0 unspecified atom stereocenters. The van der Waals surface area contributed by atoms with Crippen molar-refractivity contribution in [3.63, 3.8) is 0 Å². The number of aromatic nitrogens is 3. The van der Waals surface area contributed by atoms with Crippen LogP contribution in [0, 0.1) is 11.8 Å². The molecule has 2 aromatic carbocycles. The van der Waals surface area contributed by atoms with E-state index in [4.69, 9.17) is 14.2 Å². The van der Waals surface area contributed by atoms with Gasteiger partial charge in [-0.1, -0.05) is 24.1 Å². The molecule has 0 spiro atoms. The number of carbonyl (C=O) groups excluding carboxylic acids is 1. The lowest BCUT2D eigenvalue weighted by molar-refractivity contribution is -0.143. The van der Waals surface area contributed by atoms with E-state index in [-0.39, 0.29) is 18.3 Å². The first-order valence-corrected chi connectivity index (χ1v) is 13.4. The van der Waals surface area contributed by atoms with Crippen LogP contribution in [0.3, 0.4) is 0 Å². The molecule has 8 nitrogen and oxygen atoms in total. The second-order valence-electron chi connectivity index (χ2n) is 10.0. The molecule has 0 fully saturated rings. The highest BCUT2D eigenvalue weighted by atomic mass is 16.5. The molecule has 4 aromatic rings. The maximum absolute atomic E-state index is 11.9. The Morgan fingerprint density at radius 1 is 1.02 bits per heavy atom. The highest BCUT2D eigenvalue weighted by Gasteiger charge is 2.15. The monoisotopic (exact) mass is 541 g/mol. The number of hydrogen-bond acceptors (Lipinski definition) is 7. The molecule has 0 saturated heterocycles.